The van der Waals surface area contributed by atoms with E-state index in [1.807, 2.05) is 91.9 Å². The van der Waals surface area contributed by atoms with Gasteiger partial charge in [-0.25, -0.2) is 4.79 Å². The summed E-state index contributed by atoms with van der Waals surface area (Å²) in [6.07, 6.45) is 0.310. The van der Waals surface area contributed by atoms with E-state index in [-0.39, 0.29) is 18.0 Å². The fourth-order valence-corrected chi connectivity index (χ4v) is 3.85. The average molecular weight is 414 g/mol. The molecule has 0 spiro atoms. The maximum atomic E-state index is 13.2. The summed E-state index contributed by atoms with van der Waals surface area (Å²) in [4.78, 5) is 29.3. The van der Waals surface area contributed by atoms with Crippen LogP contribution in [0, 0.1) is 6.92 Å². The Morgan fingerprint density at radius 1 is 0.903 bits per heavy atom. The van der Waals surface area contributed by atoms with E-state index >= 15 is 0 Å². The first-order valence-corrected chi connectivity index (χ1v) is 10.6. The molecule has 1 atom stereocenters. The molecular formula is C26H27N3O2. The van der Waals surface area contributed by atoms with Crippen LogP contribution in [0.4, 0.5) is 10.5 Å². The Labute approximate surface area is 183 Å². The molecule has 1 aliphatic heterocycles. The van der Waals surface area contributed by atoms with Gasteiger partial charge in [-0.05, 0) is 30.2 Å². The number of rotatable bonds is 6. The molecule has 0 radical (unpaired) electrons. The van der Waals surface area contributed by atoms with Gasteiger partial charge in [0.25, 0.3) is 0 Å². The van der Waals surface area contributed by atoms with Crippen molar-refractivity contribution in [1.82, 2.24) is 10.2 Å². The monoisotopic (exact) mass is 413 g/mol. The fourth-order valence-electron chi connectivity index (χ4n) is 3.85. The molecule has 3 aromatic rings. The van der Waals surface area contributed by atoms with Crippen molar-refractivity contribution in [2.75, 3.05) is 11.4 Å². The highest BCUT2D eigenvalue weighted by Crippen LogP contribution is 2.22. The average Bonchev–Trinajstić information content (AvgIpc) is 3.15. The summed E-state index contributed by atoms with van der Waals surface area (Å²) in [7, 11) is 0. The molecule has 1 saturated heterocycles. The van der Waals surface area contributed by atoms with Crippen LogP contribution in [0.5, 0.6) is 0 Å². The van der Waals surface area contributed by atoms with Gasteiger partial charge < -0.3 is 15.1 Å². The summed E-state index contributed by atoms with van der Waals surface area (Å²) >= 11 is 0. The van der Waals surface area contributed by atoms with Crippen molar-refractivity contribution in [3.05, 3.63) is 102 Å². The SMILES string of the molecule is Cc1ccc(N2C[C@@H](NC(=O)N(Cc3ccccc3)Cc3ccccc3)CC2=O)cc1. The lowest BCUT2D eigenvalue weighted by Gasteiger charge is -2.25. The minimum absolute atomic E-state index is 0.0341. The van der Waals surface area contributed by atoms with E-state index in [2.05, 4.69) is 5.32 Å². The first-order chi connectivity index (χ1) is 15.1. The number of carbonyl (C=O) groups excluding carboxylic acids is 2. The number of hydrogen-bond donors (Lipinski definition) is 1. The van der Waals surface area contributed by atoms with Gasteiger partial charge in [-0.15, -0.1) is 0 Å². The van der Waals surface area contributed by atoms with Crippen LogP contribution < -0.4 is 10.2 Å². The lowest BCUT2D eigenvalue weighted by Crippen LogP contribution is -2.45. The maximum Gasteiger partial charge on any atom is 0.318 e. The summed E-state index contributed by atoms with van der Waals surface area (Å²) in [5.74, 6) is 0.0341. The number of amides is 3. The van der Waals surface area contributed by atoms with E-state index in [1.54, 1.807) is 9.80 Å². The molecule has 3 aromatic carbocycles. The number of hydrogen-bond acceptors (Lipinski definition) is 2. The van der Waals surface area contributed by atoms with Crippen LogP contribution in [0.15, 0.2) is 84.9 Å². The highest BCUT2D eigenvalue weighted by Gasteiger charge is 2.32. The lowest BCUT2D eigenvalue weighted by atomic mass is 10.1. The normalized spacial score (nSPS) is 15.7. The molecule has 1 aliphatic rings. The van der Waals surface area contributed by atoms with Crippen molar-refractivity contribution in [3.8, 4) is 0 Å². The summed E-state index contributed by atoms with van der Waals surface area (Å²) in [6, 6.07) is 27.4. The second-order valence-electron chi connectivity index (χ2n) is 8.02. The van der Waals surface area contributed by atoms with Crippen molar-refractivity contribution in [3.63, 3.8) is 0 Å². The third-order valence-electron chi connectivity index (χ3n) is 5.52. The summed E-state index contributed by atoms with van der Waals surface area (Å²) in [6.45, 7) is 3.51. The van der Waals surface area contributed by atoms with Crippen LogP contribution in [0.1, 0.15) is 23.1 Å². The minimum Gasteiger partial charge on any atom is -0.333 e. The molecule has 5 heteroatoms. The smallest absolute Gasteiger partial charge is 0.318 e. The van der Waals surface area contributed by atoms with E-state index in [9.17, 15) is 9.59 Å². The summed E-state index contributed by atoms with van der Waals surface area (Å²) in [5, 5.41) is 3.09. The number of benzene rings is 3. The number of carbonyl (C=O) groups is 2. The van der Waals surface area contributed by atoms with Crippen LogP contribution in [-0.4, -0.2) is 29.4 Å². The first kappa shape index (κ1) is 20.7. The number of anilines is 1. The minimum atomic E-state index is -0.213. The van der Waals surface area contributed by atoms with Gasteiger partial charge in [-0.3, -0.25) is 4.79 Å². The van der Waals surface area contributed by atoms with Gasteiger partial charge in [-0.1, -0.05) is 78.4 Å². The molecule has 0 bridgehead atoms. The molecule has 0 aromatic heterocycles. The molecule has 3 amide bonds. The van der Waals surface area contributed by atoms with E-state index in [0.717, 1.165) is 22.4 Å². The standard InChI is InChI=1S/C26H27N3O2/c1-20-12-14-24(15-13-20)29-19-23(16-25(29)30)27-26(31)28(17-21-8-4-2-5-9-21)18-22-10-6-3-7-11-22/h2-15,23H,16-19H2,1H3,(H,27,31)/t23-/m0/s1. The largest absolute Gasteiger partial charge is 0.333 e. The molecule has 0 aliphatic carbocycles. The number of nitrogens with one attached hydrogen (secondary N) is 1. The molecule has 1 heterocycles. The third-order valence-corrected chi connectivity index (χ3v) is 5.52. The van der Waals surface area contributed by atoms with Crippen LogP contribution >= 0.6 is 0 Å². The van der Waals surface area contributed by atoms with E-state index < -0.39 is 0 Å². The number of aryl methyl sites for hydroxylation is 1. The fraction of sp³-hybridized carbons (Fsp3) is 0.231. The van der Waals surface area contributed by atoms with Crippen molar-refractivity contribution >= 4 is 17.6 Å². The van der Waals surface area contributed by atoms with Crippen LogP contribution in [0.2, 0.25) is 0 Å². The predicted molar refractivity (Wildman–Crippen MR) is 123 cm³/mol. The van der Waals surface area contributed by atoms with E-state index in [1.165, 1.54) is 0 Å². The van der Waals surface area contributed by atoms with Gasteiger partial charge in [0.1, 0.15) is 0 Å². The van der Waals surface area contributed by atoms with Gasteiger partial charge in [0.15, 0.2) is 0 Å². The Balaban J connectivity index is 1.45. The highest BCUT2D eigenvalue weighted by atomic mass is 16.2. The molecule has 0 saturated carbocycles. The first-order valence-electron chi connectivity index (χ1n) is 10.6. The topological polar surface area (TPSA) is 52.7 Å². The second kappa shape index (κ2) is 9.47. The van der Waals surface area contributed by atoms with Gasteiger partial charge >= 0.3 is 6.03 Å². The van der Waals surface area contributed by atoms with Gasteiger partial charge in [0.05, 0.1) is 6.04 Å². The Bertz CT molecular complexity index is 978. The molecule has 1 N–H and O–H groups in total. The zero-order chi connectivity index (χ0) is 21.6. The van der Waals surface area contributed by atoms with Crippen LogP contribution in [0.3, 0.4) is 0 Å². The van der Waals surface area contributed by atoms with E-state index in [0.29, 0.717) is 26.1 Å². The Kier molecular flexibility index (Phi) is 6.32. The van der Waals surface area contributed by atoms with E-state index in [4.69, 9.17) is 0 Å². The number of nitrogens with zero attached hydrogens (tertiary/aromatic N) is 2. The predicted octanol–water partition coefficient (Wildman–Crippen LogP) is 4.51. The quantitative estimate of drug-likeness (QED) is 0.646. The molecular weight excluding hydrogens is 386 g/mol. The zero-order valence-corrected chi connectivity index (χ0v) is 17.7. The molecule has 5 nitrogen and oxygen atoms in total. The van der Waals surface area contributed by atoms with Crippen LogP contribution in [0.25, 0.3) is 0 Å². The van der Waals surface area contributed by atoms with Crippen molar-refractivity contribution in [2.24, 2.45) is 0 Å². The van der Waals surface area contributed by atoms with Crippen molar-refractivity contribution < 1.29 is 9.59 Å². The summed E-state index contributed by atoms with van der Waals surface area (Å²) in [5.41, 5.74) is 4.16. The maximum absolute atomic E-state index is 13.2. The molecule has 0 unspecified atom stereocenters. The van der Waals surface area contributed by atoms with Gasteiger partial charge in [-0.2, -0.15) is 0 Å². The second-order valence-corrected chi connectivity index (χ2v) is 8.02. The lowest BCUT2D eigenvalue weighted by molar-refractivity contribution is -0.117. The zero-order valence-electron chi connectivity index (χ0n) is 17.7. The molecule has 31 heavy (non-hydrogen) atoms. The Morgan fingerprint density at radius 3 is 2.00 bits per heavy atom. The Morgan fingerprint density at radius 2 is 1.45 bits per heavy atom. The van der Waals surface area contributed by atoms with Crippen molar-refractivity contribution in [1.29, 1.82) is 0 Å². The third kappa shape index (κ3) is 5.31. The van der Waals surface area contributed by atoms with Gasteiger partial charge in [0, 0.05) is 31.7 Å². The molecule has 1 fully saturated rings. The molecule has 4 rings (SSSR count). The summed E-state index contributed by atoms with van der Waals surface area (Å²) < 4.78 is 0. The van der Waals surface area contributed by atoms with Gasteiger partial charge in [0.2, 0.25) is 5.91 Å². The molecule has 158 valence electrons. The van der Waals surface area contributed by atoms with Crippen LogP contribution in [-0.2, 0) is 17.9 Å². The Hall–Kier alpha value is -3.60. The van der Waals surface area contributed by atoms with Crippen molar-refractivity contribution in [2.45, 2.75) is 32.5 Å². The highest BCUT2D eigenvalue weighted by molar-refractivity contribution is 5.96. The number of urea groups is 1.